The fraction of sp³-hybridized carbons (Fsp3) is 0.545. The van der Waals surface area contributed by atoms with Gasteiger partial charge >= 0.3 is 0 Å². The lowest BCUT2D eigenvalue weighted by Gasteiger charge is -2.26. The van der Waals surface area contributed by atoms with Crippen LogP contribution in [-0.4, -0.2) is 10.9 Å². The number of nitrogens with zero attached hydrogens (tertiary/aromatic N) is 1. The largest absolute Gasteiger partial charge is 0.351 e. The molecule has 0 aliphatic heterocycles. The van der Waals surface area contributed by atoms with E-state index in [9.17, 15) is 4.79 Å². The van der Waals surface area contributed by atoms with Gasteiger partial charge in [-0.3, -0.25) is 0 Å². The van der Waals surface area contributed by atoms with E-state index in [1.165, 1.54) is 0 Å². The molecular weight excluding hydrogens is 162 g/mol. The van der Waals surface area contributed by atoms with Crippen LogP contribution in [0.25, 0.3) is 0 Å². The van der Waals surface area contributed by atoms with Crippen molar-refractivity contribution in [1.82, 2.24) is 4.57 Å². The maximum Gasteiger partial charge on any atom is 0.123 e. The standard InChI is InChI=1S/C11H15NO/c13-9-10-3-5-11(6-4-10)12-7-1-2-8-12/h1-2,7-11H,3-6H2. The molecule has 1 aliphatic rings. The van der Waals surface area contributed by atoms with E-state index in [1.807, 2.05) is 0 Å². The van der Waals surface area contributed by atoms with Gasteiger partial charge in [-0.1, -0.05) is 0 Å². The highest BCUT2D eigenvalue weighted by Gasteiger charge is 2.20. The normalized spacial score (nSPS) is 28.6. The predicted molar refractivity (Wildman–Crippen MR) is 51.5 cm³/mol. The number of hydrogen-bond donors (Lipinski definition) is 0. The van der Waals surface area contributed by atoms with Gasteiger partial charge in [-0.15, -0.1) is 0 Å². The highest BCUT2D eigenvalue weighted by Crippen LogP contribution is 2.30. The van der Waals surface area contributed by atoms with E-state index in [0.717, 1.165) is 32.0 Å². The van der Waals surface area contributed by atoms with E-state index in [0.29, 0.717) is 12.0 Å². The number of carbonyl (C=O) groups excluding carboxylic acids is 1. The minimum absolute atomic E-state index is 0.326. The SMILES string of the molecule is O=CC1CCC(n2cccc2)CC1. The summed E-state index contributed by atoms with van der Waals surface area (Å²) in [4.78, 5) is 10.5. The number of aldehydes is 1. The molecule has 0 bridgehead atoms. The van der Waals surface area contributed by atoms with Crippen LogP contribution >= 0.6 is 0 Å². The Balaban J connectivity index is 1.95. The lowest BCUT2D eigenvalue weighted by molar-refractivity contribution is -0.112. The molecule has 2 rings (SSSR count). The minimum Gasteiger partial charge on any atom is -0.351 e. The Morgan fingerprint density at radius 2 is 1.69 bits per heavy atom. The molecule has 2 nitrogen and oxygen atoms in total. The van der Waals surface area contributed by atoms with Gasteiger partial charge in [0.15, 0.2) is 0 Å². The van der Waals surface area contributed by atoms with Crippen LogP contribution in [0, 0.1) is 5.92 Å². The van der Waals surface area contributed by atoms with Crippen LogP contribution in [0.2, 0.25) is 0 Å². The predicted octanol–water partition coefficient (Wildman–Crippen LogP) is 2.42. The second-order valence-electron chi connectivity index (χ2n) is 3.83. The lowest BCUT2D eigenvalue weighted by Crippen LogP contribution is -2.17. The Morgan fingerprint density at radius 1 is 1.08 bits per heavy atom. The van der Waals surface area contributed by atoms with Crippen LogP contribution in [0.1, 0.15) is 31.7 Å². The van der Waals surface area contributed by atoms with Crippen molar-refractivity contribution in [3.8, 4) is 0 Å². The zero-order valence-corrected chi connectivity index (χ0v) is 7.73. The van der Waals surface area contributed by atoms with E-state index in [-0.39, 0.29) is 0 Å². The summed E-state index contributed by atoms with van der Waals surface area (Å²) >= 11 is 0. The van der Waals surface area contributed by atoms with E-state index < -0.39 is 0 Å². The molecule has 2 heteroatoms. The first-order valence-electron chi connectivity index (χ1n) is 4.98. The summed E-state index contributed by atoms with van der Waals surface area (Å²) in [6, 6.07) is 4.75. The summed E-state index contributed by atoms with van der Waals surface area (Å²) in [5.41, 5.74) is 0. The summed E-state index contributed by atoms with van der Waals surface area (Å²) < 4.78 is 2.26. The van der Waals surface area contributed by atoms with Crippen molar-refractivity contribution in [2.24, 2.45) is 5.92 Å². The third kappa shape index (κ3) is 1.82. The molecule has 0 atom stereocenters. The first kappa shape index (κ1) is 8.54. The summed E-state index contributed by atoms with van der Waals surface area (Å²) in [5.74, 6) is 0.326. The molecule has 1 aromatic heterocycles. The van der Waals surface area contributed by atoms with Gasteiger partial charge < -0.3 is 9.36 Å². The Labute approximate surface area is 78.6 Å². The lowest BCUT2D eigenvalue weighted by atomic mass is 9.87. The van der Waals surface area contributed by atoms with Gasteiger partial charge in [-0.2, -0.15) is 0 Å². The molecule has 13 heavy (non-hydrogen) atoms. The first-order chi connectivity index (χ1) is 6.40. The Kier molecular flexibility index (Phi) is 2.48. The van der Waals surface area contributed by atoms with Gasteiger partial charge in [0.2, 0.25) is 0 Å². The molecule has 1 heterocycles. The molecule has 0 amide bonds. The molecule has 0 spiro atoms. The molecule has 0 aromatic carbocycles. The van der Waals surface area contributed by atoms with Gasteiger partial charge in [0.25, 0.3) is 0 Å². The molecule has 0 saturated heterocycles. The molecule has 1 saturated carbocycles. The summed E-state index contributed by atoms with van der Waals surface area (Å²) in [7, 11) is 0. The number of hydrogen-bond acceptors (Lipinski definition) is 1. The van der Waals surface area contributed by atoms with Crippen molar-refractivity contribution in [3.05, 3.63) is 24.5 Å². The molecule has 0 radical (unpaired) electrons. The second kappa shape index (κ2) is 3.77. The van der Waals surface area contributed by atoms with Crippen LogP contribution < -0.4 is 0 Å². The number of rotatable bonds is 2. The van der Waals surface area contributed by atoms with Crippen molar-refractivity contribution in [3.63, 3.8) is 0 Å². The van der Waals surface area contributed by atoms with Crippen molar-refractivity contribution < 1.29 is 4.79 Å². The van der Waals surface area contributed by atoms with E-state index >= 15 is 0 Å². The first-order valence-corrected chi connectivity index (χ1v) is 4.98. The van der Waals surface area contributed by atoms with Gasteiger partial charge in [-0.25, -0.2) is 0 Å². The molecule has 1 fully saturated rings. The fourth-order valence-corrected chi connectivity index (χ4v) is 2.13. The fourth-order valence-electron chi connectivity index (χ4n) is 2.13. The molecule has 70 valence electrons. The van der Waals surface area contributed by atoms with Gasteiger partial charge in [0.05, 0.1) is 0 Å². The second-order valence-corrected chi connectivity index (χ2v) is 3.83. The molecule has 1 aromatic rings. The van der Waals surface area contributed by atoms with Crippen LogP contribution in [0.3, 0.4) is 0 Å². The zero-order valence-electron chi connectivity index (χ0n) is 7.73. The average Bonchev–Trinajstić information content (AvgIpc) is 2.71. The summed E-state index contributed by atoms with van der Waals surface area (Å²) in [6.07, 6.45) is 9.78. The van der Waals surface area contributed by atoms with E-state index in [2.05, 4.69) is 29.1 Å². The van der Waals surface area contributed by atoms with E-state index in [1.54, 1.807) is 0 Å². The Hall–Kier alpha value is -1.05. The van der Waals surface area contributed by atoms with Crippen molar-refractivity contribution in [1.29, 1.82) is 0 Å². The molecule has 1 aliphatic carbocycles. The van der Waals surface area contributed by atoms with Crippen LogP contribution in [0.5, 0.6) is 0 Å². The van der Waals surface area contributed by atoms with Crippen LogP contribution in [-0.2, 0) is 4.79 Å². The van der Waals surface area contributed by atoms with E-state index in [4.69, 9.17) is 0 Å². The topological polar surface area (TPSA) is 22.0 Å². The smallest absolute Gasteiger partial charge is 0.123 e. The molecular formula is C11H15NO. The maximum absolute atomic E-state index is 10.5. The van der Waals surface area contributed by atoms with Gasteiger partial charge in [-0.05, 0) is 37.8 Å². The summed E-state index contributed by atoms with van der Waals surface area (Å²) in [6.45, 7) is 0. The Bertz CT molecular complexity index is 258. The molecule has 0 N–H and O–H groups in total. The van der Waals surface area contributed by atoms with Crippen molar-refractivity contribution in [2.75, 3.05) is 0 Å². The van der Waals surface area contributed by atoms with Crippen molar-refractivity contribution >= 4 is 6.29 Å². The molecule has 0 unspecified atom stereocenters. The highest BCUT2D eigenvalue weighted by molar-refractivity contribution is 5.53. The maximum atomic E-state index is 10.5. The van der Waals surface area contributed by atoms with Crippen LogP contribution in [0.4, 0.5) is 0 Å². The summed E-state index contributed by atoms with van der Waals surface area (Å²) in [5, 5.41) is 0. The number of aromatic nitrogens is 1. The van der Waals surface area contributed by atoms with Crippen LogP contribution in [0.15, 0.2) is 24.5 Å². The highest BCUT2D eigenvalue weighted by atomic mass is 16.1. The van der Waals surface area contributed by atoms with Gasteiger partial charge in [0.1, 0.15) is 6.29 Å². The Morgan fingerprint density at radius 3 is 2.23 bits per heavy atom. The zero-order chi connectivity index (χ0) is 9.10. The minimum atomic E-state index is 0.326. The third-order valence-electron chi connectivity index (χ3n) is 2.98. The average molecular weight is 177 g/mol. The quantitative estimate of drug-likeness (QED) is 0.636. The number of carbonyl (C=O) groups is 1. The third-order valence-corrected chi connectivity index (χ3v) is 2.98. The monoisotopic (exact) mass is 177 g/mol. The van der Waals surface area contributed by atoms with Crippen molar-refractivity contribution in [2.45, 2.75) is 31.7 Å². The van der Waals surface area contributed by atoms with Gasteiger partial charge in [0, 0.05) is 24.4 Å².